The van der Waals surface area contributed by atoms with Crippen molar-refractivity contribution in [2.24, 2.45) is 7.05 Å². The van der Waals surface area contributed by atoms with E-state index in [0.717, 1.165) is 31.7 Å². The van der Waals surface area contributed by atoms with Gasteiger partial charge in [0, 0.05) is 13.6 Å². The molecule has 3 aromatic rings. The van der Waals surface area contributed by atoms with E-state index in [2.05, 4.69) is 20.3 Å². The first-order valence-electron chi connectivity index (χ1n) is 9.05. The molecule has 3 aromatic heterocycles. The van der Waals surface area contributed by atoms with E-state index in [1.807, 2.05) is 12.1 Å². The Kier molecular flexibility index (Phi) is 4.76. The van der Waals surface area contributed by atoms with Crippen LogP contribution in [0.5, 0.6) is 0 Å². The molecule has 27 heavy (non-hydrogen) atoms. The third kappa shape index (κ3) is 3.50. The van der Waals surface area contributed by atoms with E-state index in [4.69, 9.17) is 4.42 Å². The predicted molar refractivity (Wildman–Crippen MR) is 98.0 cm³/mol. The van der Waals surface area contributed by atoms with Crippen LogP contribution in [0.4, 0.5) is 0 Å². The van der Waals surface area contributed by atoms with Gasteiger partial charge in [0.1, 0.15) is 24.0 Å². The number of carbonyl (C=O) groups excluding carboxylic acids is 1. The molecule has 0 aromatic carbocycles. The molecule has 1 N–H and O–H groups in total. The van der Waals surface area contributed by atoms with Gasteiger partial charge in [-0.3, -0.25) is 23.7 Å². The van der Waals surface area contributed by atoms with E-state index in [1.54, 1.807) is 13.3 Å². The Morgan fingerprint density at radius 2 is 2.19 bits per heavy atom. The van der Waals surface area contributed by atoms with Crippen LogP contribution < -0.4 is 10.9 Å². The molecule has 1 fully saturated rings. The number of hydrogen-bond acceptors (Lipinski definition) is 6. The molecule has 1 aliphatic heterocycles. The van der Waals surface area contributed by atoms with Crippen LogP contribution in [0.2, 0.25) is 0 Å². The Morgan fingerprint density at radius 1 is 1.37 bits per heavy atom. The predicted octanol–water partition coefficient (Wildman–Crippen LogP) is 0.676. The van der Waals surface area contributed by atoms with Crippen molar-refractivity contribution in [1.82, 2.24) is 29.5 Å². The summed E-state index contributed by atoms with van der Waals surface area (Å²) in [5.74, 6) is 0.603. The Bertz CT molecular complexity index is 984. The molecule has 1 saturated heterocycles. The van der Waals surface area contributed by atoms with Crippen molar-refractivity contribution in [2.75, 3.05) is 19.6 Å². The smallest absolute Gasteiger partial charge is 0.264 e. The van der Waals surface area contributed by atoms with Gasteiger partial charge in [0.05, 0.1) is 18.5 Å². The van der Waals surface area contributed by atoms with E-state index in [9.17, 15) is 9.59 Å². The topological polar surface area (TPSA) is 98.2 Å². The van der Waals surface area contributed by atoms with Gasteiger partial charge in [0.15, 0.2) is 5.65 Å². The summed E-state index contributed by atoms with van der Waals surface area (Å²) in [4.78, 5) is 31.4. The second-order valence-electron chi connectivity index (χ2n) is 6.76. The van der Waals surface area contributed by atoms with Gasteiger partial charge in [-0.2, -0.15) is 5.10 Å². The summed E-state index contributed by atoms with van der Waals surface area (Å²) in [6, 6.07) is 3.79. The van der Waals surface area contributed by atoms with Gasteiger partial charge in [0.2, 0.25) is 5.91 Å². The minimum absolute atomic E-state index is 0.00194. The summed E-state index contributed by atoms with van der Waals surface area (Å²) in [5, 5.41) is 7.36. The van der Waals surface area contributed by atoms with Gasteiger partial charge in [-0.1, -0.05) is 0 Å². The molecule has 4 heterocycles. The van der Waals surface area contributed by atoms with E-state index in [0.29, 0.717) is 17.6 Å². The molecule has 4 rings (SSSR count). The van der Waals surface area contributed by atoms with Crippen molar-refractivity contribution in [2.45, 2.75) is 25.4 Å². The molecular formula is C18H22N6O3. The number of fused-ring (bicyclic) bond motifs is 1. The van der Waals surface area contributed by atoms with E-state index >= 15 is 0 Å². The van der Waals surface area contributed by atoms with Crippen molar-refractivity contribution < 1.29 is 9.21 Å². The summed E-state index contributed by atoms with van der Waals surface area (Å²) in [5.41, 5.74) is 0.231. The molecule has 1 aliphatic rings. The summed E-state index contributed by atoms with van der Waals surface area (Å²) < 4.78 is 8.40. The van der Waals surface area contributed by atoms with Gasteiger partial charge in [0.25, 0.3) is 5.56 Å². The number of amides is 1. The van der Waals surface area contributed by atoms with Gasteiger partial charge in [-0.25, -0.2) is 4.98 Å². The number of likely N-dealkylation sites (tertiary alicyclic amines) is 1. The van der Waals surface area contributed by atoms with E-state index in [-0.39, 0.29) is 24.1 Å². The minimum atomic E-state index is -0.273. The van der Waals surface area contributed by atoms with Crippen LogP contribution in [-0.4, -0.2) is 49.8 Å². The lowest BCUT2D eigenvalue weighted by atomic mass is 10.2. The maximum absolute atomic E-state index is 12.5. The zero-order chi connectivity index (χ0) is 18.8. The second-order valence-corrected chi connectivity index (χ2v) is 6.76. The number of nitrogens with zero attached hydrogens (tertiary/aromatic N) is 5. The Labute approximate surface area is 155 Å². The third-order valence-electron chi connectivity index (χ3n) is 4.98. The molecule has 0 spiro atoms. The summed E-state index contributed by atoms with van der Waals surface area (Å²) in [6.45, 7) is 2.33. The number of nitrogens with one attached hydrogen (secondary N) is 1. The zero-order valence-electron chi connectivity index (χ0n) is 15.2. The molecule has 9 heteroatoms. The largest absolute Gasteiger partial charge is 0.468 e. The molecule has 142 valence electrons. The number of aryl methyl sites for hydroxylation is 1. The lowest BCUT2D eigenvalue weighted by Gasteiger charge is -2.26. The molecule has 1 unspecified atom stereocenters. The lowest BCUT2D eigenvalue weighted by molar-refractivity contribution is -0.122. The highest BCUT2D eigenvalue weighted by Gasteiger charge is 2.26. The second kappa shape index (κ2) is 7.36. The van der Waals surface area contributed by atoms with Crippen molar-refractivity contribution in [3.05, 3.63) is 47.0 Å². The number of aromatic nitrogens is 4. The van der Waals surface area contributed by atoms with E-state index in [1.165, 1.54) is 21.8 Å². The fourth-order valence-corrected chi connectivity index (χ4v) is 3.54. The van der Waals surface area contributed by atoms with Crippen LogP contribution in [0.15, 0.2) is 40.1 Å². The van der Waals surface area contributed by atoms with Crippen LogP contribution >= 0.6 is 0 Å². The standard InChI is InChI=1S/C18H22N6O3/c1-22-17-13(9-21-22)18(26)24(12-20-17)11-16(25)19-10-14(15-5-4-8-27-15)23-6-2-3-7-23/h4-5,8-9,12,14H,2-3,6-7,10-11H2,1H3,(H,19,25). The zero-order valence-corrected chi connectivity index (χ0v) is 15.2. The highest BCUT2D eigenvalue weighted by atomic mass is 16.3. The molecule has 0 aliphatic carbocycles. The lowest BCUT2D eigenvalue weighted by Crippen LogP contribution is -2.39. The average molecular weight is 370 g/mol. The fraction of sp³-hybridized carbons (Fsp3) is 0.444. The quantitative estimate of drug-likeness (QED) is 0.685. The summed E-state index contributed by atoms with van der Waals surface area (Å²) in [7, 11) is 1.72. The highest BCUT2D eigenvalue weighted by molar-refractivity contribution is 5.77. The van der Waals surface area contributed by atoms with Gasteiger partial charge in [-0.15, -0.1) is 0 Å². The van der Waals surface area contributed by atoms with Gasteiger partial charge < -0.3 is 9.73 Å². The highest BCUT2D eigenvalue weighted by Crippen LogP contribution is 2.24. The number of furan rings is 1. The van der Waals surface area contributed by atoms with Crippen molar-refractivity contribution in [1.29, 1.82) is 0 Å². The van der Waals surface area contributed by atoms with Gasteiger partial charge in [-0.05, 0) is 38.1 Å². The van der Waals surface area contributed by atoms with Crippen molar-refractivity contribution in [3.8, 4) is 0 Å². The molecule has 9 nitrogen and oxygen atoms in total. The maximum atomic E-state index is 12.5. The van der Waals surface area contributed by atoms with Crippen LogP contribution in [0, 0.1) is 0 Å². The Balaban J connectivity index is 1.44. The minimum Gasteiger partial charge on any atom is -0.468 e. The summed E-state index contributed by atoms with van der Waals surface area (Å²) in [6.07, 6.45) is 6.80. The molecule has 1 amide bonds. The SMILES string of the molecule is Cn1ncc2c(=O)n(CC(=O)NCC(c3ccco3)N3CCCC3)cnc21. The molecule has 1 atom stereocenters. The number of carbonyl (C=O) groups is 1. The molecule has 0 saturated carbocycles. The fourth-order valence-electron chi connectivity index (χ4n) is 3.54. The normalized spacial score (nSPS) is 16.0. The Morgan fingerprint density at radius 3 is 2.93 bits per heavy atom. The molecular weight excluding hydrogens is 348 g/mol. The molecule has 0 radical (unpaired) electrons. The van der Waals surface area contributed by atoms with Crippen LogP contribution in [0.3, 0.4) is 0 Å². The first-order valence-corrected chi connectivity index (χ1v) is 9.05. The monoisotopic (exact) mass is 370 g/mol. The number of rotatable bonds is 6. The third-order valence-corrected chi connectivity index (χ3v) is 4.98. The van der Waals surface area contributed by atoms with Crippen molar-refractivity contribution in [3.63, 3.8) is 0 Å². The van der Waals surface area contributed by atoms with Gasteiger partial charge >= 0.3 is 0 Å². The first-order chi connectivity index (χ1) is 13.1. The van der Waals surface area contributed by atoms with Crippen LogP contribution in [0.1, 0.15) is 24.6 Å². The number of hydrogen-bond donors (Lipinski definition) is 1. The molecule has 0 bridgehead atoms. The maximum Gasteiger partial charge on any atom is 0.264 e. The summed E-state index contributed by atoms with van der Waals surface area (Å²) >= 11 is 0. The average Bonchev–Trinajstić information content (AvgIpc) is 3.41. The van der Waals surface area contributed by atoms with Crippen molar-refractivity contribution >= 4 is 16.9 Å². The first kappa shape index (κ1) is 17.5. The Hall–Kier alpha value is -2.94. The van der Waals surface area contributed by atoms with Crippen LogP contribution in [-0.2, 0) is 18.4 Å². The van der Waals surface area contributed by atoms with Crippen LogP contribution in [0.25, 0.3) is 11.0 Å². The van der Waals surface area contributed by atoms with E-state index < -0.39 is 0 Å².